The van der Waals surface area contributed by atoms with Crippen molar-refractivity contribution in [2.24, 2.45) is 0 Å². The fraction of sp³-hybridized carbons (Fsp3) is 0.548. The Labute approximate surface area is 255 Å². The number of hydrogen-bond donors (Lipinski definition) is 1. The van der Waals surface area contributed by atoms with Crippen LogP contribution in [0.4, 0.5) is 4.79 Å². The molecule has 2 aromatic carbocycles. The Morgan fingerprint density at radius 1 is 0.884 bits per heavy atom. The average molecular weight is 624 g/mol. The summed E-state index contributed by atoms with van der Waals surface area (Å²) in [5.74, 6) is 0.0567. The number of phosphoric ester groups is 1. The maximum atomic E-state index is 13.4. The highest BCUT2D eigenvalue weighted by atomic mass is 31.2. The van der Waals surface area contributed by atoms with Gasteiger partial charge in [-0.15, -0.1) is 0 Å². The molecule has 2 aromatic rings. The van der Waals surface area contributed by atoms with Gasteiger partial charge in [-0.2, -0.15) is 0 Å². The molecule has 0 aromatic heterocycles. The molecule has 11 nitrogen and oxygen atoms in total. The molecule has 0 bridgehead atoms. The lowest BCUT2D eigenvalue weighted by Gasteiger charge is -2.30. The standard InChI is InChI=1S/C31H46NO10P/c1-9-10-18-37-26-17-16-24(19-25(28(33)36-8)32-29(34)38-21-23-14-12-11-13-15-23)20-27(26)39-22-40-43(35,41-30(2,3)4)42-31(5,6)7/h11-17,20,25H,9-10,18-19,21-22H2,1-8H3,(H,32,34)/t25-/m0/s1. The Hall–Kier alpha value is -3.11. The summed E-state index contributed by atoms with van der Waals surface area (Å²) in [6.07, 6.45) is 1.06. The topological polar surface area (TPSA) is 128 Å². The molecule has 0 spiro atoms. The number of methoxy groups -OCH3 is 1. The van der Waals surface area contributed by atoms with Gasteiger partial charge in [0.05, 0.1) is 24.9 Å². The van der Waals surface area contributed by atoms with Crippen LogP contribution in [0.15, 0.2) is 48.5 Å². The summed E-state index contributed by atoms with van der Waals surface area (Å²) in [5.41, 5.74) is -0.197. The SMILES string of the molecule is CCCCOc1ccc(C[C@H](NC(=O)OCc2ccccc2)C(=O)OC)cc1OCOP(=O)(OC(C)(C)C)OC(C)(C)C. The number of alkyl carbamates (subject to hydrolysis) is 1. The first-order valence-electron chi connectivity index (χ1n) is 14.2. The molecule has 2 rings (SSSR count). The third-order valence-corrected chi connectivity index (χ3v) is 7.35. The molecule has 0 radical (unpaired) electrons. The molecule has 0 fully saturated rings. The molecule has 0 aliphatic rings. The average Bonchev–Trinajstić information content (AvgIpc) is 2.90. The molecule has 1 amide bonds. The van der Waals surface area contributed by atoms with Crippen molar-refractivity contribution in [1.82, 2.24) is 5.32 Å². The van der Waals surface area contributed by atoms with Gasteiger partial charge in [-0.1, -0.05) is 49.7 Å². The number of unbranched alkanes of at least 4 members (excludes halogenated alkanes) is 1. The van der Waals surface area contributed by atoms with E-state index < -0.39 is 43.9 Å². The van der Waals surface area contributed by atoms with E-state index in [-0.39, 0.29) is 18.8 Å². The zero-order valence-corrected chi connectivity index (χ0v) is 27.4. The van der Waals surface area contributed by atoms with Gasteiger partial charge in [-0.05, 0) is 71.2 Å². The first-order chi connectivity index (χ1) is 20.1. The number of amides is 1. The number of nitrogens with one attached hydrogen (secondary N) is 1. The van der Waals surface area contributed by atoms with Crippen LogP contribution in [-0.2, 0) is 45.4 Å². The monoisotopic (exact) mass is 623 g/mol. The molecule has 0 aliphatic carbocycles. The van der Waals surface area contributed by atoms with Crippen LogP contribution in [0, 0.1) is 0 Å². The van der Waals surface area contributed by atoms with E-state index in [2.05, 4.69) is 5.32 Å². The first-order valence-corrected chi connectivity index (χ1v) is 15.7. The Bertz CT molecular complexity index is 1190. The highest BCUT2D eigenvalue weighted by Gasteiger charge is 2.37. The Morgan fingerprint density at radius 3 is 2.12 bits per heavy atom. The van der Waals surface area contributed by atoms with Crippen molar-refractivity contribution in [2.45, 2.75) is 91.6 Å². The number of rotatable bonds is 16. The molecular weight excluding hydrogens is 577 g/mol. The van der Waals surface area contributed by atoms with Gasteiger partial charge < -0.3 is 24.3 Å². The molecule has 43 heavy (non-hydrogen) atoms. The summed E-state index contributed by atoms with van der Waals surface area (Å²) in [6, 6.07) is 13.2. The third kappa shape index (κ3) is 14.3. The second-order valence-corrected chi connectivity index (χ2v) is 13.2. The van der Waals surface area contributed by atoms with Gasteiger partial charge in [-0.25, -0.2) is 18.7 Å². The predicted molar refractivity (Wildman–Crippen MR) is 162 cm³/mol. The third-order valence-electron chi connectivity index (χ3n) is 5.39. The van der Waals surface area contributed by atoms with Crippen molar-refractivity contribution in [2.75, 3.05) is 20.5 Å². The van der Waals surface area contributed by atoms with E-state index in [0.29, 0.717) is 17.9 Å². The number of hydrogen-bond acceptors (Lipinski definition) is 10. The number of benzene rings is 2. The molecule has 1 N–H and O–H groups in total. The van der Waals surface area contributed by atoms with E-state index in [1.807, 2.05) is 37.3 Å². The smallest absolute Gasteiger partial charge is 0.478 e. The van der Waals surface area contributed by atoms with Crippen LogP contribution in [0.1, 0.15) is 72.4 Å². The van der Waals surface area contributed by atoms with Crippen molar-refractivity contribution >= 4 is 19.9 Å². The molecule has 0 saturated carbocycles. The number of carbonyl (C=O) groups is 2. The largest absolute Gasteiger partial charge is 0.490 e. The van der Waals surface area contributed by atoms with Crippen LogP contribution in [0.5, 0.6) is 11.5 Å². The predicted octanol–water partition coefficient (Wildman–Crippen LogP) is 6.97. The lowest BCUT2D eigenvalue weighted by molar-refractivity contribution is -0.143. The van der Waals surface area contributed by atoms with Gasteiger partial charge in [0, 0.05) is 6.42 Å². The van der Waals surface area contributed by atoms with Crippen LogP contribution in [0.25, 0.3) is 0 Å². The van der Waals surface area contributed by atoms with E-state index in [0.717, 1.165) is 18.4 Å². The summed E-state index contributed by atoms with van der Waals surface area (Å²) < 4.78 is 52.2. The summed E-state index contributed by atoms with van der Waals surface area (Å²) >= 11 is 0. The Kier molecular flexibility index (Phi) is 14.0. The van der Waals surface area contributed by atoms with Crippen molar-refractivity contribution in [3.8, 4) is 11.5 Å². The maximum absolute atomic E-state index is 13.4. The number of ether oxygens (including phenoxy) is 4. The lowest BCUT2D eigenvalue weighted by atomic mass is 10.1. The normalized spacial score (nSPS) is 12.7. The van der Waals surface area contributed by atoms with Gasteiger partial charge in [0.1, 0.15) is 12.6 Å². The molecule has 12 heteroatoms. The van der Waals surface area contributed by atoms with Crippen molar-refractivity contribution in [1.29, 1.82) is 0 Å². The fourth-order valence-corrected chi connectivity index (χ4v) is 5.28. The summed E-state index contributed by atoms with van der Waals surface area (Å²) in [7, 11) is -2.79. The highest BCUT2D eigenvalue weighted by molar-refractivity contribution is 7.48. The number of phosphoric acid groups is 1. The van der Waals surface area contributed by atoms with E-state index in [9.17, 15) is 14.2 Å². The zero-order valence-electron chi connectivity index (χ0n) is 26.5. The van der Waals surface area contributed by atoms with Crippen LogP contribution in [-0.4, -0.2) is 49.8 Å². The highest BCUT2D eigenvalue weighted by Crippen LogP contribution is 2.55. The second kappa shape index (κ2) is 16.7. The van der Waals surface area contributed by atoms with E-state index in [1.165, 1.54) is 7.11 Å². The minimum Gasteiger partial charge on any atom is -0.490 e. The van der Waals surface area contributed by atoms with Crippen molar-refractivity contribution < 1.29 is 46.7 Å². The van der Waals surface area contributed by atoms with Crippen LogP contribution in [0.2, 0.25) is 0 Å². The zero-order chi connectivity index (χ0) is 32.1. The summed E-state index contributed by atoms with van der Waals surface area (Å²) in [5, 5.41) is 2.57. The van der Waals surface area contributed by atoms with Gasteiger partial charge >= 0.3 is 19.9 Å². The Balaban J connectivity index is 2.20. The first kappa shape index (κ1) is 36.1. The molecular formula is C31H46NO10P. The van der Waals surface area contributed by atoms with Crippen molar-refractivity contribution in [3.05, 3.63) is 59.7 Å². The molecule has 1 atom stereocenters. The quantitative estimate of drug-likeness (QED) is 0.0906. The lowest BCUT2D eigenvalue weighted by Crippen LogP contribution is -2.43. The van der Waals surface area contributed by atoms with E-state index in [1.54, 1.807) is 59.7 Å². The van der Waals surface area contributed by atoms with E-state index in [4.69, 9.17) is 32.5 Å². The number of carbonyl (C=O) groups excluding carboxylic acids is 2. The van der Waals surface area contributed by atoms with Gasteiger partial charge in [0.2, 0.25) is 6.79 Å². The Morgan fingerprint density at radius 2 is 1.53 bits per heavy atom. The minimum absolute atomic E-state index is 0.0457. The second-order valence-electron chi connectivity index (χ2n) is 11.7. The van der Waals surface area contributed by atoms with Crippen LogP contribution < -0.4 is 14.8 Å². The van der Waals surface area contributed by atoms with Crippen molar-refractivity contribution in [3.63, 3.8) is 0 Å². The van der Waals surface area contributed by atoms with Gasteiger partial charge in [-0.3, -0.25) is 9.05 Å². The van der Waals surface area contributed by atoms with Gasteiger partial charge in [0.25, 0.3) is 0 Å². The fourth-order valence-electron chi connectivity index (χ4n) is 3.61. The molecule has 0 unspecified atom stereocenters. The molecule has 240 valence electrons. The molecule has 0 saturated heterocycles. The van der Waals surface area contributed by atoms with E-state index >= 15 is 0 Å². The summed E-state index contributed by atoms with van der Waals surface area (Å²) in [4.78, 5) is 25.0. The van der Waals surface area contributed by atoms with Gasteiger partial charge in [0.15, 0.2) is 11.5 Å². The molecule has 0 heterocycles. The minimum atomic E-state index is -4.03. The maximum Gasteiger partial charge on any atom is 0.478 e. The molecule has 0 aliphatic heterocycles. The summed E-state index contributed by atoms with van der Waals surface area (Å²) in [6.45, 7) is 12.5. The van der Waals surface area contributed by atoms with Crippen LogP contribution >= 0.6 is 7.82 Å². The number of esters is 1. The van der Waals surface area contributed by atoms with Crippen LogP contribution in [0.3, 0.4) is 0 Å².